The van der Waals surface area contributed by atoms with Crippen molar-refractivity contribution in [3.05, 3.63) is 41.6 Å². The number of likely N-dealkylation sites (N-methyl/N-ethyl adjacent to an activating group) is 1. The Morgan fingerprint density at radius 1 is 1.36 bits per heavy atom. The van der Waals surface area contributed by atoms with Gasteiger partial charge in [-0.3, -0.25) is 4.79 Å². The molecule has 1 aromatic heterocycles. The summed E-state index contributed by atoms with van der Waals surface area (Å²) in [6.45, 7) is 4.51. The summed E-state index contributed by atoms with van der Waals surface area (Å²) in [5, 5.41) is 6.82. The molecule has 0 saturated carbocycles. The molecule has 0 aliphatic rings. The molecule has 0 aliphatic heterocycles. The van der Waals surface area contributed by atoms with E-state index >= 15 is 0 Å². The van der Waals surface area contributed by atoms with E-state index in [1.165, 1.54) is 11.5 Å². The number of rotatable bonds is 6. The van der Waals surface area contributed by atoms with Gasteiger partial charge in [0, 0.05) is 32.4 Å². The Balaban J connectivity index is 1.97. The predicted molar refractivity (Wildman–Crippen MR) is 93.0 cm³/mol. The average molecular weight is 318 g/mol. The van der Waals surface area contributed by atoms with Gasteiger partial charge in [0.2, 0.25) is 0 Å². The van der Waals surface area contributed by atoms with Crippen LogP contribution >= 0.6 is 11.5 Å². The summed E-state index contributed by atoms with van der Waals surface area (Å²) in [6, 6.07) is 10.3. The molecular weight excluding hydrogens is 296 g/mol. The van der Waals surface area contributed by atoms with Crippen LogP contribution in [-0.2, 0) is 0 Å². The highest BCUT2D eigenvalue weighted by molar-refractivity contribution is 7.10. The lowest BCUT2D eigenvalue weighted by molar-refractivity contribution is 0.0952. The van der Waals surface area contributed by atoms with E-state index in [0.717, 1.165) is 16.4 Å². The van der Waals surface area contributed by atoms with Gasteiger partial charge in [-0.05, 0) is 37.5 Å². The van der Waals surface area contributed by atoms with Crippen molar-refractivity contribution in [2.45, 2.75) is 19.9 Å². The van der Waals surface area contributed by atoms with E-state index in [-0.39, 0.29) is 11.9 Å². The molecule has 0 fully saturated rings. The monoisotopic (exact) mass is 318 g/mol. The third-order valence-electron chi connectivity index (χ3n) is 3.70. The maximum absolute atomic E-state index is 12.4. The number of hydrogen-bond donors (Lipinski definition) is 2. The summed E-state index contributed by atoms with van der Waals surface area (Å²) in [5.74, 6) is -0.0797. The fourth-order valence-electron chi connectivity index (χ4n) is 2.19. The van der Waals surface area contributed by atoms with E-state index in [1.807, 2.05) is 32.2 Å². The molecule has 1 atom stereocenters. The molecule has 0 unspecified atom stereocenters. The molecule has 1 aromatic carbocycles. The molecule has 1 heterocycles. The molecule has 5 nitrogen and oxygen atoms in total. The number of nitrogens with zero attached hydrogens (tertiary/aromatic N) is 2. The van der Waals surface area contributed by atoms with Crippen LogP contribution in [0.25, 0.3) is 0 Å². The first kappa shape index (κ1) is 16.3. The Kier molecular flexibility index (Phi) is 5.38. The number of hydrogen-bond acceptors (Lipinski definition) is 5. The zero-order valence-corrected chi connectivity index (χ0v) is 14.2. The molecule has 0 bridgehead atoms. The minimum absolute atomic E-state index is 0.0797. The number of carbonyl (C=O) groups is 1. The lowest BCUT2D eigenvalue weighted by atomic mass is 10.2. The van der Waals surface area contributed by atoms with Crippen LogP contribution in [0.5, 0.6) is 0 Å². The van der Waals surface area contributed by atoms with E-state index < -0.39 is 0 Å². The number of benzene rings is 1. The maximum Gasteiger partial charge on any atom is 0.256 e. The van der Waals surface area contributed by atoms with Crippen molar-refractivity contribution in [1.82, 2.24) is 9.69 Å². The smallest absolute Gasteiger partial charge is 0.256 e. The molecule has 118 valence electrons. The molecule has 0 aliphatic carbocycles. The van der Waals surface area contributed by atoms with Gasteiger partial charge in [0.05, 0.1) is 11.3 Å². The number of aromatic nitrogens is 1. The second-order valence-corrected chi connectivity index (χ2v) is 6.00. The van der Waals surface area contributed by atoms with E-state index in [2.05, 4.69) is 39.0 Å². The molecule has 0 spiro atoms. The number of amides is 1. The number of aryl methyl sites for hydroxylation is 1. The van der Waals surface area contributed by atoms with Gasteiger partial charge in [0.15, 0.2) is 0 Å². The van der Waals surface area contributed by atoms with Crippen LogP contribution in [-0.4, -0.2) is 37.0 Å². The second kappa shape index (κ2) is 7.26. The number of anilines is 2. The molecule has 2 aromatic rings. The highest BCUT2D eigenvalue weighted by Crippen LogP contribution is 2.23. The summed E-state index contributed by atoms with van der Waals surface area (Å²) in [6.07, 6.45) is 0. The van der Waals surface area contributed by atoms with Crippen molar-refractivity contribution in [1.29, 1.82) is 0 Å². The largest absolute Gasteiger partial charge is 0.378 e. The first-order valence-corrected chi connectivity index (χ1v) is 8.02. The Morgan fingerprint density at radius 3 is 2.68 bits per heavy atom. The van der Waals surface area contributed by atoms with Crippen LogP contribution in [0.2, 0.25) is 0 Å². The van der Waals surface area contributed by atoms with E-state index in [0.29, 0.717) is 12.1 Å². The Hall–Kier alpha value is -2.08. The molecule has 0 radical (unpaired) electrons. The number of nitrogens with one attached hydrogen (secondary N) is 2. The van der Waals surface area contributed by atoms with Gasteiger partial charge in [-0.1, -0.05) is 18.2 Å². The van der Waals surface area contributed by atoms with E-state index in [1.54, 1.807) is 7.05 Å². The molecule has 6 heteroatoms. The zero-order chi connectivity index (χ0) is 16.1. The van der Waals surface area contributed by atoms with Crippen LogP contribution in [0.1, 0.15) is 23.0 Å². The summed E-state index contributed by atoms with van der Waals surface area (Å²) < 4.78 is 4.23. The third-order valence-corrected chi connectivity index (χ3v) is 4.66. The van der Waals surface area contributed by atoms with Crippen molar-refractivity contribution < 1.29 is 4.79 Å². The quantitative estimate of drug-likeness (QED) is 0.860. The number of carbonyl (C=O) groups excluding carboxylic acids is 1. The van der Waals surface area contributed by atoms with Gasteiger partial charge in [0.1, 0.15) is 5.00 Å². The fourth-order valence-corrected chi connectivity index (χ4v) is 2.93. The molecule has 0 saturated heterocycles. The van der Waals surface area contributed by atoms with Gasteiger partial charge in [-0.25, -0.2) is 0 Å². The van der Waals surface area contributed by atoms with Crippen LogP contribution in [0, 0.1) is 6.92 Å². The Labute approximate surface area is 135 Å². The average Bonchev–Trinajstić information content (AvgIpc) is 2.93. The normalized spacial score (nSPS) is 11.8. The first-order chi connectivity index (χ1) is 10.5. The van der Waals surface area contributed by atoms with Gasteiger partial charge in [-0.15, -0.1) is 0 Å². The van der Waals surface area contributed by atoms with Gasteiger partial charge >= 0.3 is 0 Å². The summed E-state index contributed by atoms with van der Waals surface area (Å²) in [7, 11) is 3.83. The van der Waals surface area contributed by atoms with Crippen molar-refractivity contribution in [3.63, 3.8) is 0 Å². The molecule has 2 rings (SSSR count). The fraction of sp³-hybridized carbons (Fsp3) is 0.375. The van der Waals surface area contributed by atoms with Gasteiger partial charge in [-0.2, -0.15) is 4.37 Å². The minimum atomic E-state index is -0.0797. The standard InChI is InChI=1S/C16H22N4OS/c1-11(20(4)13-8-6-5-7-9-13)10-18-15(21)14-12(2)19-22-16(14)17-3/h5-9,11,17H,10H2,1-4H3,(H,18,21)/t11-/m1/s1. The lowest BCUT2D eigenvalue weighted by Gasteiger charge is -2.27. The maximum atomic E-state index is 12.4. The first-order valence-electron chi connectivity index (χ1n) is 7.24. The van der Waals surface area contributed by atoms with Crippen molar-refractivity contribution in [2.75, 3.05) is 30.9 Å². The van der Waals surface area contributed by atoms with Crippen LogP contribution in [0.15, 0.2) is 30.3 Å². The highest BCUT2D eigenvalue weighted by Gasteiger charge is 2.18. The topological polar surface area (TPSA) is 57.3 Å². The van der Waals surface area contributed by atoms with Crippen molar-refractivity contribution in [3.8, 4) is 0 Å². The zero-order valence-electron chi connectivity index (χ0n) is 13.4. The summed E-state index contributed by atoms with van der Waals surface area (Å²) >= 11 is 1.31. The lowest BCUT2D eigenvalue weighted by Crippen LogP contribution is -2.40. The van der Waals surface area contributed by atoms with Crippen LogP contribution in [0.4, 0.5) is 10.7 Å². The predicted octanol–water partition coefficient (Wildman–Crippen LogP) is 2.75. The summed E-state index contributed by atoms with van der Waals surface area (Å²) in [5.41, 5.74) is 2.53. The molecule has 2 N–H and O–H groups in total. The van der Waals surface area contributed by atoms with Gasteiger partial charge < -0.3 is 15.5 Å². The van der Waals surface area contributed by atoms with E-state index in [4.69, 9.17) is 0 Å². The SMILES string of the molecule is CNc1snc(C)c1C(=O)NC[C@@H](C)N(C)c1ccccc1. The van der Waals surface area contributed by atoms with Crippen molar-refractivity contribution >= 4 is 28.1 Å². The third kappa shape index (κ3) is 3.57. The Morgan fingerprint density at radius 2 is 2.05 bits per heavy atom. The molecule has 1 amide bonds. The van der Waals surface area contributed by atoms with Crippen LogP contribution in [0.3, 0.4) is 0 Å². The molecular formula is C16H22N4OS. The molecule has 22 heavy (non-hydrogen) atoms. The van der Waals surface area contributed by atoms with Crippen molar-refractivity contribution in [2.24, 2.45) is 0 Å². The Bertz CT molecular complexity index is 626. The van der Waals surface area contributed by atoms with E-state index in [9.17, 15) is 4.79 Å². The van der Waals surface area contributed by atoms with Crippen LogP contribution < -0.4 is 15.5 Å². The second-order valence-electron chi connectivity index (χ2n) is 5.23. The number of para-hydroxylation sites is 1. The summed E-state index contributed by atoms with van der Waals surface area (Å²) in [4.78, 5) is 14.5. The highest BCUT2D eigenvalue weighted by atomic mass is 32.1. The van der Waals surface area contributed by atoms with Gasteiger partial charge in [0.25, 0.3) is 5.91 Å². The minimum Gasteiger partial charge on any atom is -0.378 e.